The van der Waals surface area contributed by atoms with Gasteiger partial charge in [0.25, 0.3) is 5.69 Å². The van der Waals surface area contributed by atoms with E-state index in [1.54, 1.807) is 43.5 Å². The molecule has 0 saturated carbocycles. The van der Waals surface area contributed by atoms with Crippen LogP contribution in [0.2, 0.25) is 0 Å². The maximum absolute atomic E-state index is 11.4. The largest absolute Gasteiger partial charge is 0.478 e. The van der Waals surface area contributed by atoms with Gasteiger partial charge in [0, 0.05) is 34.9 Å². The van der Waals surface area contributed by atoms with Gasteiger partial charge in [-0.3, -0.25) is 10.1 Å². The molecule has 2 N–H and O–H groups in total. The summed E-state index contributed by atoms with van der Waals surface area (Å²) in [5.41, 5.74) is 2.99. The van der Waals surface area contributed by atoms with Gasteiger partial charge in [0.15, 0.2) is 0 Å². The minimum atomic E-state index is -1.24. The van der Waals surface area contributed by atoms with Crippen molar-refractivity contribution in [2.45, 2.75) is 20.8 Å². The van der Waals surface area contributed by atoms with E-state index in [1.807, 2.05) is 0 Å². The first-order chi connectivity index (χ1) is 14.6. The molecular weight excluding hydrogens is 402 g/mol. The molecule has 0 aliphatic carbocycles. The summed E-state index contributed by atoms with van der Waals surface area (Å²) in [5.74, 6) is -2.47. The molecule has 0 spiro atoms. The van der Waals surface area contributed by atoms with Crippen LogP contribution in [0.5, 0.6) is 0 Å². The van der Waals surface area contributed by atoms with Crippen LogP contribution in [0.3, 0.4) is 0 Å². The van der Waals surface area contributed by atoms with Crippen LogP contribution in [-0.2, 0) is 0 Å². The van der Waals surface area contributed by atoms with Gasteiger partial charge in [-0.1, -0.05) is 6.07 Å². The predicted octanol–water partition coefficient (Wildman–Crippen LogP) is 4.46. The van der Waals surface area contributed by atoms with Crippen LogP contribution in [0.25, 0.3) is 5.69 Å². The van der Waals surface area contributed by atoms with Gasteiger partial charge in [0.1, 0.15) is 5.69 Å². The van der Waals surface area contributed by atoms with Crippen LogP contribution in [0.1, 0.15) is 43.2 Å². The molecule has 3 rings (SSSR count). The fraction of sp³-hybridized carbons (Fsp3) is 0.136. The number of aromatic carboxylic acids is 2. The summed E-state index contributed by atoms with van der Waals surface area (Å²) in [7, 11) is 0. The second kappa shape index (κ2) is 8.23. The molecule has 0 bridgehead atoms. The average molecular weight is 421 g/mol. The second-order valence-electron chi connectivity index (χ2n) is 7.05. The maximum Gasteiger partial charge on any atom is 0.335 e. The van der Waals surface area contributed by atoms with E-state index in [4.69, 9.17) is 0 Å². The van der Waals surface area contributed by atoms with Gasteiger partial charge < -0.3 is 14.8 Å². The van der Waals surface area contributed by atoms with Crippen LogP contribution in [0, 0.1) is 30.9 Å². The number of carboxylic acid groups (broad SMARTS) is 2. The lowest BCUT2D eigenvalue weighted by Crippen LogP contribution is -2.07. The van der Waals surface area contributed by atoms with Gasteiger partial charge in [-0.25, -0.2) is 14.6 Å². The first-order valence-electron chi connectivity index (χ1n) is 9.18. The molecule has 3 aromatic rings. The Labute approximate surface area is 177 Å². The quantitative estimate of drug-likeness (QED) is 0.343. The number of carboxylic acids is 2. The maximum atomic E-state index is 11.4. The van der Waals surface area contributed by atoms with E-state index in [0.717, 1.165) is 17.3 Å². The van der Waals surface area contributed by atoms with Crippen LogP contribution in [-0.4, -0.2) is 37.9 Å². The highest BCUT2D eigenvalue weighted by atomic mass is 16.6. The van der Waals surface area contributed by atoms with E-state index in [0.29, 0.717) is 16.9 Å². The molecule has 1 heterocycles. The van der Waals surface area contributed by atoms with Crippen LogP contribution < -0.4 is 0 Å². The molecule has 0 aliphatic rings. The molecule has 0 atom stereocenters. The molecule has 0 fully saturated rings. The summed E-state index contributed by atoms with van der Waals surface area (Å²) < 4.78 is 1.71. The standard InChI is InChI=1S/C22H19N3O6/c1-12-4-5-19(20(6-12)25(30)31)23-11-17-7-13(2)24(14(17)3)18-9-15(21(26)27)8-16(10-18)22(28)29/h4-11H,1-3H3,(H,26,27)(H,28,29). The van der Waals surface area contributed by atoms with Crippen molar-refractivity contribution in [2.24, 2.45) is 4.99 Å². The van der Waals surface area contributed by atoms with Crippen LogP contribution in [0.4, 0.5) is 11.4 Å². The van der Waals surface area contributed by atoms with Crippen molar-refractivity contribution >= 4 is 29.5 Å². The lowest BCUT2D eigenvalue weighted by atomic mass is 10.1. The third-order valence-electron chi connectivity index (χ3n) is 4.81. The molecule has 1 aromatic heterocycles. The molecule has 2 aromatic carbocycles. The zero-order valence-electron chi connectivity index (χ0n) is 17.0. The average Bonchev–Trinajstić information content (AvgIpc) is 2.99. The molecule has 0 saturated heterocycles. The summed E-state index contributed by atoms with van der Waals surface area (Å²) in [5, 5.41) is 30.0. The number of nitro benzene ring substituents is 1. The third-order valence-corrected chi connectivity index (χ3v) is 4.81. The fourth-order valence-corrected chi connectivity index (χ4v) is 3.33. The number of hydrogen-bond acceptors (Lipinski definition) is 5. The van der Waals surface area contributed by atoms with E-state index in [-0.39, 0.29) is 22.5 Å². The minimum absolute atomic E-state index is 0.106. The Morgan fingerprint density at radius 3 is 2.16 bits per heavy atom. The van der Waals surface area contributed by atoms with Gasteiger partial charge in [0.05, 0.1) is 16.1 Å². The zero-order chi connectivity index (χ0) is 22.9. The number of nitro groups is 1. The van der Waals surface area contributed by atoms with E-state index in [1.165, 1.54) is 24.4 Å². The lowest BCUT2D eigenvalue weighted by molar-refractivity contribution is -0.384. The fourth-order valence-electron chi connectivity index (χ4n) is 3.33. The molecular formula is C22H19N3O6. The van der Waals surface area contributed by atoms with Crippen LogP contribution >= 0.6 is 0 Å². The van der Waals surface area contributed by atoms with Crippen molar-refractivity contribution in [3.8, 4) is 5.69 Å². The van der Waals surface area contributed by atoms with Crippen molar-refractivity contribution in [3.05, 3.63) is 86.2 Å². The highest BCUT2D eigenvalue weighted by molar-refractivity contribution is 5.95. The Bertz CT molecular complexity index is 1220. The van der Waals surface area contributed by atoms with Gasteiger partial charge in [0.2, 0.25) is 0 Å². The molecule has 0 amide bonds. The van der Waals surface area contributed by atoms with Gasteiger partial charge in [-0.05, 0) is 56.7 Å². The highest BCUT2D eigenvalue weighted by Gasteiger charge is 2.17. The van der Waals surface area contributed by atoms with Crippen molar-refractivity contribution < 1.29 is 24.7 Å². The molecule has 9 nitrogen and oxygen atoms in total. The zero-order valence-corrected chi connectivity index (χ0v) is 17.0. The number of carbonyl (C=O) groups is 2. The Morgan fingerprint density at radius 1 is 1.00 bits per heavy atom. The molecule has 9 heteroatoms. The van der Waals surface area contributed by atoms with E-state index in [2.05, 4.69) is 4.99 Å². The van der Waals surface area contributed by atoms with Gasteiger partial charge >= 0.3 is 11.9 Å². The Balaban J connectivity index is 2.09. The number of benzene rings is 2. The van der Waals surface area contributed by atoms with Gasteiger partial charge in [-0.15, -0.1) is 0 Å². The monoisotopic (exact) mass is 421 g/mol. The lowest BCUT2D eigenvalue weighted by Gasteiger charge is -2.12. The van der Waals surface area contributed by atoms with Crippen molar-refractivity contribution in [1.82, 2.24) is 4.57 Å². The Hall–Kier alpha value is -4.27. The number of aryl methyl sites for hydroxylation is 2. The smallest absolute Gasteiger partial charge is 0.335 e. The Kier molecular flexibility index (Phi) is 5.69. The van der Waals surface area contributed by atoms with Crippen LogP contribution in [0.15, 0.2) is 47.5 Å². The number of aliphatic imine (C=N–C) groups is 1. The molecule has 158 valence electrons. The summed E-state index contributed by atoms with van der Waals surface area (Å²) >= 11 is 0. The first-order valence-corrected chi connectivity index (χ1v) is 9.18. The van der Waals surface area contributed by atoms with E-state index in [9.17, 15) is 29.9 Å². The molecule has 31 heavy (non-hydrogen) atoms. The predicted molar refractivity (Wildman–Crippen MR) is 114 cm³/mol. The van der Waals surface area contributed by atoms with Crippen molar-refractivity contribution in [3.63, 3.8) is 0 Å². The first kappa shape index (κ1) is 21.4. The summed E-state index contributed by atoms with van der Waals surface area (Å²) in [6, 6.07) is 10.4. The second-order valence-corrected chi connectivity index (χ2v) is 7.05. The van der Waals surface area contributed by atoms with E-state index >= 15 is 0 Å². The SMILES string of the molecule is Cc1ccc(N=Cc2cc(C)n(-c3cc(C(=O)O)cc(C(=O)O)c3)c2C)c([N+](=O)[O-])c1. The summed E-state index contributed by atoms with van der Waals surface area (Å²) in [6.45, 7) is 5.31. The van der Waals surface area contributed by atoms with E-state index < -0.39 is 16.9 Å². The van der Waals surface area contributed by atoms with Crippen molar-refractivity contribution in [2.75, 3.05) is 0 Å². The summed E-state index contributed by atoms with van der Waals surface area (Å²) in [6.07, 6.45) is 1.50. The molecule has 0 unspecified atom stereocenters. The number of rotatable bonds is 6. The minimum Gasteiger partial charge on any atom is -0.478 e. The van der Waals surface area contributed by atoms with Gasteiger partial charge in [-0.2, -0.15) is 0 Å². The number of aromatic nitrogens is 1. The highest BCUT2D eigenvalue weighted by Crippen LogP contribution is 2.29. The molecule has 0 radical (unpaired) electrons. The Morgan fingerprint density at radius 2 is 1.61 bits per heavy atom. The topological polar surface area (TPSA) is 135 Å². The summed E-state index contributed by atoms with van der Waals surface area (Å²) in [4.78, 5) is 37.9. The van der Waals surface area contributed by atoms with Crippen molar-refractivity contribution in [1.29, 1.82) is 0 Å². The number of nitrogens with zero attached hydrogens (tertiary/aromatic N) is 3. The molecule has 0 aliphatic heterocycles. The normalized spacial score (nSPS) is 11.1. The number of hydrogen-bond donors (Lipinski definition) is 2. The third kappa shape index (κ3) is 4.35.